The summed E-state index contributed by atoms with van der Waals surface area (Å²) in [5.74, 6) is -0.613. The largest absolute Gasteiger partial charge is 0.339 e. The monoisotopic (exact) mass is 420 g/mol. The zero-order valence-electron chi connectivity index (χ0n) is 16.5. The Morgan fingerprint density at radius 1 is 0.833 bits per heavy atom. The Hall–Kier alpha value is -3.65. The van der Waals surface area contributed by atoms with Crippen LogP contribution in [0.2, 0.25) is 0 Å². The van der Waals surface area contributed by atoms with Crippen LogP contribution in [0.5, 0.6) is 0 Å². The molecule has 2 aromatic carbocycles. The van der Waals surface area contributed by atoms with Crippen molar-refractivity contribution in [1.29, 1.82) is 0 Å². The van der Waals surface area contributed by atoms with E-state index < -0.39 is 0 Å². The topological polar surface area (TPSA) is 91.4 Å². The lowest BCUT2D eigenvalue weighted by molar-refractivity contribution is 0.101. The zero-order valence-corrected chi connectivity index (χ0v) is 17.3. The number of aromatic nitrogens is 1. The number of hydrogen-bond donors (Lipinski definition) is 2. The number of carbonyl (C=O) groups is 3. The summed E-state index contributed by atoms with van der Waals surface area (Å²) in [4.78, 5) is 42.8. The second-order valence-electron chi connectivity index (χ2n) is 6.52. The van der Waals surface area contributed by atoms with E-state index in [4.69, 9.17) is 0 Å². The molecule has 0 saturated heterocycles. The van der Waals surface area contributed by atoms with Crippen LogP contribution in [0.25, 0.3) is 0 Å². The quantitative estimate of drug-likeness (QED) is 0.599. The average Bonchev–Trinajstić information content (AvgIpc) is 2.75. The van der Waals surface area contributed by atoms with Gasteiger partial charge in [0, 0.05) is 48.3 Å². The Morgan fingerprint density at radius 3 is 2.17 bits per heavy atom. The molecule has 152 valence electrons. The van der Waals surface area contributed by atoms with Gasteiger partial charge in [-0.05, 0) is 66.4 Å². The first-order valence-corrected chi connectivity index (χ1v) is 9.86. The molecule has 0 aliphatic carbocycles. The van der Waals surface area contributed by atoms with Gasteiger partial charge in [0.25, 0.3) is 17.1 Å². The highest BCUT2D eigenvalue weighted by Gasteiger charge is 2.11. The molecule has 7 nitrogen and oxygen atoms in total. The van der Waals surface area contributed by atoms with Crippen molar-refractivity contribution in [3.8, 4) is 0 Å². The van der Waals surface area contributed by atoms with Crippen LogP contribution in [-0.2, 0) is 0 Å². The van der Waals surface area contributed by atoms with Gasteiger partial charge in [0.15, 0.2) is 0 Å². The molecule has 0 bridgehead atoms. The third kappa shape index (κ3) is 5.68. The number of hydrogen-bond acceptors (Lipinski definition) is 5. The van der Waals surface area contributed by atoms with Crippen LogP contribution in [-0.4, -0.2) is 41.0 Å². The third-order valence-electron chi connectivity index (χ3n) is 3.99. The van der Waals surface area contributed by atoms with Crippen LogP contribution in [0.4, 0.5) is 16.2 Å². The maximum atomic E-state index is 12.6. The van der Waals surface area contributed by atoms with Gasteiger partial charge in [0.2, 0.25) is 0 Å². The molecule has 1 heterocycles. The fourth-order valence-electron chi connectivity index (χ4n) is 2.44. The Balaban J connectivity index is 1.64. The molecule has 0 saturated carbocycles. The molecule has 3 rings (SSSR count). The van der Waals surface area contributed by atoms with Crippen molar-refractivity contribution >= 4 is 40.2 Å². The molecule has 0 aliphatic heterocycles. The molecule has 3 amide bonds. The molecule has 1 aromatic heterocycles. The highest BCUT2D eigenvalue weighted by Crippen LogP contribution is 2.23. The maximum Gasteiger partial charge on any atom is 0.285 e. The maximum absolute atomic E-state index is 12.6. The van der Waals surface area contributed by atoms with Gasteiger partial charge in [-0.15, -0.1) is 0 Å². The third-order valence-corrected chi connectivity index (χ3v) is 5.04. The summed E-state index contributed by atoms with van der Waals surface area (Å²) in [6.45, 7) is 0. The first-order valence-electron chi connectivity index (χ1n) is 9.04. The highest BCUT2D eigenvalue weighted by molar-refractivity contribution is 8.13. The number of anilines is 2. The van der Waals surface area contributed by atoms with Crippen molar-refractivity contribution in [2.24, 2.45) is 0 Å². The van der Waals surface area contributed by atoms with E-state index in [2.05, 4.69) is 15.6 Å². The first kappa shape index (κ1) is 21.1. The van der Waals surface area contributed by atoms with E-state index in [9.17, 15) is 14.4 Å². The molecule has 0 atom stereocenters. The Bertz CT molecular complexity index is 1050. The SMILES string of the molecule is CN(C)C(=O)Sc1ccc(NC(=O)c2cccc(NC(=O)c3cccnc3)c2)cc1. The first-order chi connectivity index (χ1) is 14.4. The normalized spacial score (nSPS) is 10.2. The van der Waals surface area contributed by atoms with Gasteiger partial charge in [-0.1, -0.05) is 6.07 Å². The number of rotatable bonds is 5. The van der Waals surface area contributed by atoms with Gasteiger partial charge in [0.05, 0.1) is 5.56 Å². The molecule has 0 fully saturated rings. The molecule has 0 aliphatic rings. The van der Waals surface area contributed by atoms with E-state index in [-0.39, 0.29) is 17.1 Å². The van der Waals surface area contributed by atoms with Crippen LogP contribution >= 0.6 is 11.8 Å². The molecular weight excluding hydrogens is 400 g/mol. The minimum absolute atomic E-state index is 0.0723. The summed E-state index contributed by atoms with van der Waals surface area (Å²) >= 11 is 1.11. The number of nitrogens with one attached hydrogen (secondary N) is 2. The van der Waals surface area contributed by atoms with E-state index in [1.165, 1.54) is 11.1 Å². The number of benzene rings is 2. The predicted molar refractivity (Wildman–Crippen MR) is 118 cm³/mol. The molecule has 0 radical (unpaired) electrons. The van der Waals surface area contributed by atoms with Crippen molar-refractivity contribution in [2.75, 3.05) is 24.7 Å². The zero-order chi connectivity index (χ0) is 21.5. The smallest absolute Gasteiger partial charge is 0.285 e. The summed E-state index contributed by atoms with van der Waals surface area (Å²) in [6.07, 6.45) is 3.06. The molecular formula is C22H20N4O3S. The number of pyridine rings is 1. The van der Waals surface area contributed by atoms with Gasteiger partial charge in [-0.25, -0.2) is 0 Å². The second-order valence-corrected chi connectivity index (χ2v) is 7.54. The molecule has 0 spiro atoms. The summed E-state index contributed by atoms with van der Waals surface area (Å²) in [5, 5.41) is 5.49. The lowest BCUT2D eigenvalue weighted by atomic mass is 10.1. The Kier molecular flexibility index (Phi) is 6.82. The molecule has 3 aromatic rings. The number of amides is 3. The fourth-order valence-corrected chi connectivity index (χ4v) is 3.10. The van der Waals surface area contributed by atoms with Crippen LogP contribution in [0.3, 0.4) is 0 Å². The van der Waals surface area contributed by atoms with E-state index >= 15 is 0 Å². The van der Waals surface area contributed by atoms with Crippen molar-refractivity contribution < 1.29 is 14.4 Å². The van der Waals surface area contributed by atoms with Gasteiger partial charge < -0.3 is 15.5 Å². The van der Waals surface area contributed by atoms with Gasteiger partial charge in [0.1, 0.15) is 0 Å². The van der Waals surface area contributed by atoms with Gasteiger partial charge in [-0.2, -0.15) is 0 Å². The molecule has 2 N–H and O–H groups in total. The predicted octanol–water partition coefficient (Wildman–Crippen LogP) is 4.36. The number of thioether (sulfide) groups is 1. The minimum atomic E-state index is -0.308. The van der Waals surface area contributed by atoms with E-state index in [1.54, 1.807) is 81.0 Å². The van der Waals surface area contributed by atoms with E-state index in [0.717, 1.165) is 16.7 Å². The summed E-state index contributed by atoms with van der Waals surface area (Å²) in [7, 11) is 3.38. The van der Waals surface area contributed by atoms with Crippen LogP contribution < -0.4 is 10.6 Å². The standard InChI is InChI=1S/C22H20N4O3S/c1-26(2)22(29)30-19-10-8-17(9-11-19)24-20(27)15-5-3-7-18(13-15)25-21(28)16-6-4-12-23-14-16/h3-14H,1-2H3,(H,24,27)(H,25,28). The lowest BCUT2D eigenvalue weighted by Crippen LogP contribution is -2.16. The Labute approximate surface area is 178 Å². The molecule has 8 heteroatoms. The Morgan fingerprint density at radius 2 is 1.50 bits per heavy atom. The number of nitrogens with zero attached hydrogens (tertiary/aromatic N) is 2. The highest BCUT2D eigenvalue weighted by atomic mass is 32.2. The van der Waals surface area contributed by atoms with Crippen molar-refractivity contribution in [1.82, 2.24) is 9.88 Å². The van der Waals surface area contributed by atoms with Gasteiger partial charge >= 0.3 is 0 Å². The van der Waals surface area contributed by atoms with Crippen LogP contribution in [0.15, 0.2) is 78.0 Å². The summed E-state index contributed by atoms with van der Waals surface area (Å²) in [5.41, 5.74) is 1.94. The molecule has 0 unspecified atom stereocenters. The summed E-state index contributed by atoms with van der Waals surface area (Å²) in [6, 6.07) is 17.0. The fraction of sp³-hybridized carbons (Fsp3) is 0.0909. The van der Waals surface area contributed by atoms with E-state index in [0.29, 0.717) is 22.5 Å². The van der Waals surface area contributed by atoms with Crippen LogP contribution in [0.1, 0.15) is 20.7 Å². The van der Waals surface area contributed by atoms with Crippen molar-refractivity contribution in [3.05, 3.63) is 84.2 Å². The van der Waals surface area contributed by atoms with Crippen LogP contribution in [0, 0.1) is 0 Å². The second kappa shape index (κ2) is 9.71. The van der Waals surface area contributed by atoms with Crippen molar-refractivity contribution in [3.63, 3.8) is 0 Å². The van der Waals surface area contributed by atoms with Gasteiger partial charge in [-0.3, -0.25) is 19.4 Å². The average molecular weight is 420 g/mol. The van der Waals surface area contributed by atoms with Crippen molar-refractivity contribution in [2.45, 2.75) is 4.90 Å². The number of carbonyl (C=O) groups excluding carboxylic acids is 3. The van der Waals surface area contributed by atoms with E-state index in [1.807, 2.05) is 0 Å². The lowest BCUT2D eigenvalue weighted by Gasteiger charge is -2.10. The minimum Gasteiger partial charge on any atom is -0.339 e. The molecule has 30 heavy (non-hydrogen) atoms. The summed E-state index contributed by atoms with van der Waals surface area (Å²) < 4.78 is 0.